The van der Waals surface area contributed by atoms with Crippen LogP contribution in [0.15, 0.2) is 29.2 Å². The van der Waals surface area contributed by atoms with Crippen LogP contribution in [0.2, 0.25) is 0 Å². The minimum absolute atomic E-state index is 0.234. The van der Waals surface area contributed by atoms with E-state index in [1.807, 2.05) is 32.9 Å². The zero-order valence-electron chi connectivity index (χ0n) is 13.7. The molecule has 0 spiro atoms. The maximum Gasteiger partial charge on any atom is 0.251 e. The summed E-state index contributed by atoms with van der Waals surface area (Å²) in [5, 5.41) is 30.9. The van der Waals surface area contributed by atoms with E-state index in [0.29, 0.717) is 11.3 Å². The van der Waals surface area contributed by atoms with Gasteiger partial charge in [0.1, 0.15) is 0 Å². The van der Waals surface area contributed by atoms with E-state index in [4.69, 9.17) is 5.26 Å². The molecule has 0 aromatic heterocycles. The highest BCUT2D eigenvalue weighted by Crippen LogP contribution is 2.23. The molecule has 0 radical (unpaired) electrons. The highest BCUT2D eigenvalue weighted by atomic mass is 32.2. The summed E-state index contributed by atoms with van der Waals surface area (Å²) in [7, 11) is 0. The second-order valence-electron chi connectivity index (χ2n) is 6.45. The summed E-state index contributed by atoms with van der Waals surface area (Å²) in [4.78, 5) is 13.1. The van der Waals surface area contributed by atoms with E-state index in [1.54, 1.807) is 18.2 Å². The lowest BCUT2D eigenvalue weighted by atomic mass is 9.85. The van der Waals surface area contributed by atoms with Crippen molar-refractivity contribution >= 4 is 17.7 Å². The molecule has 0 aliphatic rings. The number of benzene rings is 1. The number of rotatable bonds is 7. The van der Waals surface area contributed by atoms with Gasteiger partial charge in [-0.3, -0.25) is 4.79 Å². The first-order valence-corrected chi connectivity index (χ1v) is 8.46. The number of thioether (sulfide) groups is 1. The molecule has 1 amide bonds. The van der Waals surface area contributed by atoms with Crippen LogP contribution in [-0.4, -0.2) is 40.6 Å². The van der Waals surface area contributed by atoms with E-state index in [0.717, 1.165) is 4.90 Å². The van der Waals surface area contributed by atoms with Crippen LogP contribution in [0.4, 0.5) is 0 Å². The number of carbonyl (C=O) groups excluding carboxylic acids is 1. The highest BCUT2D eigenvalue weighted by molar-refractivity contribution is 7.99. The van der Waals surface area contributed by atoms with Crippen LogP contribution in [0.25, 0.3) is 0 Å². The van der Waals surface area contributed by atoms with Crippen molar-refractivity contribution in [1.82, 2.24) is 5.32 Å². The van der Waals surface area contributed by atoms with Gasteiger partial charge in [0.2, 0.25) is 0 Å². The van der Waals surface area contributed by atoms with Gasteiger partial charge in [-0.2, -0.15) is 5.26 Å². The van der Waals surface area contributed by atoms with Crippen molar-refractivity contribution in [3.63, 3.8) is 0 Å². The van der Waals surface area contributed by atoms with Gasteiger partial charge in [0.25, 0.3) is 5.91 Å². The summed E-state index contributed by atoms with van der Waals surface area (Å²) in [5.74, 6) is 0.0202. The smallest absolute Gasteiger partial charge is 0.251 e. The van der Waals surface area contributed by atoms with E-state index in [-0.39, 0.29) is 24.3 Å². The molecule has 126 valence electrons. The Balaban J connectivity index is 2.71. The fraction of sp³-hybridized carbons (Fsp3) is 0.529. The van der Waals surface area contributed by atoms with Gasteiger partial charge >= 0.3 is 0 Å². The fourth-order valence-corrected chi connectivity index (χ4v) is 2.53. The monoisotopic (exact) mass is 336 g/mol. The second-order valence-corrected chi connectivity index (χ2v) is 7.49. The molecule has 1 aromatic rings. The first-order chi connectivity index (χ1) is 10.8. The van der Waals surface area contributed by atoms with Gasteiger partial charge in [0.05, 0.1) is 30.6 Å². The second kappa shape index (κ2) is 8.92. The largest absolute Gasteiger partial charge is 0.394 e. The molecule has 0 fully saturated rings. The molecular formula is C17H24N2O3S. The number of amides is 1. The SMILES string of the molecule is CC(C)(C)[C@H](O)C[C@H](CO)NC(=O)c1cccc(SCC#N)c1. The minimum atomic E-state index is -0.627. The third-order valence-corrected chi connectivity index (χ3v) is 4.32. The molecule has 6 heteroatoms. The van der Waals surface area contributed by atoms with E-state index >= 15 is 0 Å². The molecule has 0 saturated heterocycles. The molecule has 0 bridgehead atoms. The van der Waals surface area contributed by atoms with Crippen molar-refractivity contribution in [3.8, 4) is 6.07 Å². The van der Waals surface area contributed by atoms with Crippen LogP contribution < -0.4 is 5.32 Å². The number of nitriles is 1. The number of hydrogen-bond acceptors (Lipinski definition) is 5. The molecule has 0 saturated carbocycles. The van der Waals surface area contributed by atoms with Crippen molar-refractivity contribution in [2.45, 2.75) is 44.2 Å². The fourth-order valence-electron chi connectivity index (χ4n) is 1.91. The Morgan fingerprint density at radius 3 is 2.70 bits per heavy atom. The van der Waals surface area contributed by atoms with Gasteiger partial charge in [0.15, 0.2) is 0 Å². The Hall–Kier alpha value is -1.55. The zero-order valence-corrected chi connectivity index (χ0v) is 14.6. The van der Waals surface area contributed by atoms with Crippen molar-refractivity contribution < 1.29 is 15.0 Å². The number of carbonyl (C=O) groups is 1. The van der Waals surface area contributed by atoms with Crippen LogP contribution >= 0.6 is 11.8 Å². The molecule has 1 aromatic carbocycles. The summed E-state index contributed by atoms with van der Waals surface area (Å²) in [6, 6.07) is 8.53. The maximum absolute atomic E-state index is 12.3. The molecule has 0 aliphatic heterocycles. The van der Waals surface area contributed by atoms with Crippen molar-refractivity contribution in [3.05, 3.63) is 29.8 Å². The summed E-state index contributed by atoms with van der Waals surface area (Å²) < 4.78 is 0. The van der Waals surface area contributed by atoms with E-state index < -0.39 is 12.1 Å². The molecule has 0 heterocycles. The average Bonchev–Trinajstić information content (AvgIpc) is 2.51. The van der Waals surface area contributed by atoms with Gasteiger partial charge in [-0.15, -0.1) is 11.8 Å². The van der Waals surface area contributed by atoms with Gasteiger partial charge in [0, 0.05) is 10.5 Å². The summed E-state index contributed by atoms with van der Waals surface area (Å²) in [6.07, 6.45) is -0.341. The lowest BCUT2D eigenvalue weighted by Crippen LogP contribution is -2.42. The minimum Gasteiger partial charge on any atom is -0.394 e. The number of aliphatic hydroxyl groups is 2. The Kier molecular flexibility index (Phi) is 7.56. The maximum atomic E-state index is 12.3. The summed E-state index contributed by atoms with van der Waals surface area (Å²) >= 11 is 1.36. The molecular weight excluding hydrogens is 312 g/mol. The molecule has 5 nitrogen and oxygen atoms in total. The van der Waals surface area contributed by atoms with Crippen LogP contribution in [0.3, 0.4) is 0 Å². The predicted molar refractivity (Wildman–Crippen MR) is 91.2 cm³/mol. The Bertz CT molecular complexity index is 564. The van der Waals surface area contributed by atoms with E-state index in [9.17, 15) is 15.0 Å². The van der Waals surface area contributed by atoms with Crippen LogP contribution in [0, 0.1) is 16.7 Å². The molecule has 23 heavy (non-hydrogen) atoms. The third kappa shape index (κ3) is 6.61. The lowest BCUT2D eigenvalue weighted by Gasteiger charge is -2.29. The van der Waals surface area contributed by atoms with Gasteiger partial charge in [-0.1, -0.05) is 26.8 Å². The highest BCUT2D eigenvalue weighted by Gasteiger charge is 2.26. The molecule has 3 N–H and O–H groups in total. The van der Waals surface area contributed by atoms with Gasteiger partial charge in [-0.05, 0) is 30.0 Å². The lowest BCUT2D eigenvalue weighted by molar-refractivity contribution is 0.0383. The normalized spacial score (nSPS) is 13.9. The first kappa shape index (κ1) is 19.5. The van der Waals surface area contributed by atoms with Gasteiger partial charge in [-0.25, -0.2) is 0 Å². The summed E-state index contributed by atoms with van der Waals surface area (Å²) in [5.41, 5.74) is 0.156. The number of hydrogen-bond donors (Lipinski definition) is 3. The summed E-state index contributed by atoms with van der Waals surface area (Å²) in [6.45, 7) is 5.49. The first-order valence-electron chi connectivity index (χ1n) is 7.47. The predicted octanol–water partition coefficient (Wildman–Crippen LogP) is 2.19. The average molecular weight is 336 g/mol. The number of aliphatic hydroxyl groups excluding tert-OH is 2. The Morgan fingerprint density at radius 1 is 1.43 bits per heavy atom. The quantitative estimate of drug-likeness (QED) is 0.664. The molecule has 1 rings (SSSR count). The third-order valence-electron chi connectivity index (χ3n) is 3.46. The Labute approximate surface area is 141 Å². The van der Waals surface area contributed by atoms with Crippen molar-refractivity contribution in [2.24, 2.45) is 5.41 Å². The van der Waals surface area contributed by atoms with Crippen LogP contribution in [0.1, 0.15) is 37.6 Å². The molecule has 0 unspecified atom stereocenters. The topological polar surface area (TPSA) is 93.3 Å². The zero-order chi connectivity index (χ0) is 17.5. The van der Waals surface area contributed by atoms with Gasteiger partial charge < -0.3 is 15.5 Å². The van der Waals surface area contributed by atoms with E-state index in [1.165, 1.54) is 11.8 Å². The van der Waals surface area contributed by atoms with Crippen molar-refractivity contribution in [1.29, 1.82) is 5.26 Å². The Morgan fingerprint density at radius 2 is 2.13 bits per heavy atom. The number of nitrogens with zero attached hydrogens (tertiary/aromatic N) is 1. The van der Waals surface area contributed by atoms with Crippen LogP contribution in [-0.2, 0) is 0 Å². The van der Waals surface area contributed by atoms with Crippen LogP contribution in [0.5, 0.6) is 0 Å². The van der Waals surface area contributed by atoms with E-state index in [2.05, 4.69) is 5.32 Å². The number of nitrogens with one attached hydrogen (secondary N) is 1. The molecule has 2 atom stereocenters. The van der Waals surface area contributed by atoms with Crippen molar-refractivity contribution in [2.75, 3.05) is 12.4 Å². The standard InChI is InChI=1S/C17H24N2O3S/c1-17(2,3)15(21)10-13(11-20)19-16(22)12-5-4-6-14(9-12)23-8-7-18/h4-6,9,13,15,20-21H,8,10-11H2,1-3H3,(H,19,22)/t13-,15-/m1/s1. The molecule has 0 aliphatic carbocycles.